The Kier molecular flexibility index (Phi) is 8.61. The van der Waals surface area contributed by atoms with Gasteiger partial charge in [-0.05, 0) is 44.1 Å². The van der Waals surface area contributed by atoms with Crippen LogP contribution in [0.1, 0.15) is 46.1 Å². The van der Waals surface area contributed by atoms with Crippen LogP contribution in [0.25, 0.3) is 0 Å². The molecule has 2 N–H and O–H groups in total. The number of benzene rings is 1. The van der Waals surface area contributed by atoms with Crippen LogP contribution in [0.3, 0.4) is 0 Å². The van der Waals surface area contributed by atoms with Crippen LogP contribution in [-0.4, -0.2) is 55.8 Å². The monoisotopic (exact) mass is 388 g/mol. The van der Waals surface area contributed by atoms with E-state index < -0.39 is 0 Å². The molecule has 156 valence electrons. The van der Waals surface area contributed by atoms with Crippen molar-refractivity contribution < 1.29 is 9.53 Å². The average molecular weight is 389 g/mol. The van der Waals surface area contributed by atoms with Gasteiger partial charge >= 0.3 is 6.09 Å². The van der Waals surface area contributed by atoms with Crippen LogP contribution < -0.4 is 10.6 Å². The lowest BCUT2D eigenvalue weighted by Crippen LogP contribution is -2.50. The number of piperidine rings is 1. The first-order valence-electron chi connectivity index (χ1n) is 10.4. The summed E-state index contributed by atoms with van der Waals surface area (Å²) in [6.45, 7) is 11.9. The fourth-order valence-electron chi connectivity index (χ4n) is 3.43. The van der Waals surface area contributed by atoms with Gasteiger partial charge in [-0.1, -0.05) is 44.2 Å². The molecule has 0 spiro atoms. The minimum atomic E-state index is -0.204. The van der Waals surface area contributed by atoms with E-state index >= 15 is 0 Å². The van der Waals surface area contributed by atoms with Crippen LogP contribution in [0.2, 0.25) is 0 Å². The highest BCUT2D eigenvalue weighted by molar-refractivity contribution is 5.80. The van der Waals surface area contributed by atoms with Crippen molar-refractivity contribution in [3.63, 3.8) is 0 Å². The molecule has 1 aliphatic rings. The van der Waals surface area contributed by atoms with E-state index in [1.807, 2.05) is 6.92 Å². The summed E-state index contributed by atoms with van der Waals surface area (Å²) in [6, 6.07) is 10.9. The standard InChI is InChI=1S/C22H36N4O2/c1-5-23-20(24-17-22(3,4)16-18-10-8-7-9-11-18)25-19-12-14-26(15-13-19)21(27)28-6-2/h7-11,19H,5-6,12-17H2,1-4H3,(H2,23,24,25). The number of hydrogen-bond donors (Lipinski definition) is 2. The highest BCUT2D eigenvalue weighted by Crippen LogP contribution is 2.22. The van der Waals surface area contributed by atoms with Gasteiger partial charge in [0.05, 0.1) is 6.61 Å². The number of aliphatic imine (C=N–C) groups is 1. The number of nitrogens with zero attached hydrogens (tertiary/aromatic N) is 2. The minimum absolute atomic E-state index is 0.0803. The smallest absolute Gasteiger partial charge is 0.409 e. The Labute approximate surface area is 169 Å². The number of carbonyl (C=O) groups excluding carboxylic acids is 1. The fraction of sp³-hybridized carbons (Fsp3) is 0.636. The molecule has 1 saturated heterocycles. The van der Waals surface area contributed by atoms with Crippen LogP contribution in [-0.2, 0) is 11.2 Å². The molecule has 1 aromatic rings. The van der Waals surface area contributed by atoms with E-state index in [2.05, 4.69) is 61.7 Å². The van der Waals surface area contributed by atoms with Crippen molar-refractivity contribution in [2.75, 3.05) is 32.8 Å². The molecule has 0 aliphatic carbocycles. The average Bonchev–Trinajstić information content (AvgIpc) is 2.67. The summed E-state index contributed by atoms with van der Waals surface area (Å²) in [5.41, 5.74) is 1.42. The molecule has 0 aromatic heterocycles. The minimum Gasteiger partial charge on any atom is -0.450 e. The molecule has 0 unspecified atom stereocenters. The molecule has 0 atom stereocenters. The quantitative estimate of drug-likeness (QED) is 0.555. The Morgan fingerprint density at radius 2 is 1.89 bits per heavy atom. The predicted molar refractivity (Wildman–Crippen MR) is 115 cm³/mol. The number of carbonyl (C=O) groups is 1. The second-order valence-corrected chi connectivity index (χ2v) is 8.13. The summed E-state index contributed by atoms with van der Waals surface area (Å²) in [7, 11) is 0. The van der Waals surface area contributed by atoms with Crippen molar-refractivity contribution in [3.05, 3.63) is 35.9 Å². The topological polar surface area (TPSA) is 66.0 Å². The summed E-state index contributed by atoms with van der Waals surface area (Å²) in [6.07, 6.45) is 2.59. The van der Waals surface area contributed by atoms with Gasteiger partial charge in [0.25, 0.3) is 0 Å². The second-order valence-electron chi connectivity index (χ2n) is 8.13. The van der Waals surface area contributed by atoms with Crippen molar-refractivity contribution in [1.82, 2.24) is 15.5 Å². The van der Waals surface area contributed by atoms with E-state index in [0.717, 1.165) is 51.4 Å². The molecular formula is C22H36N4O2. The molecule has 1 heterocycles. The van der Waals surface area contributed by atoms with Crippen molar-refractivity contribution >= 4 is 12.1 Å². The maximum absolute atomic E-state index is 11.8. The first-order valence-corrected chi connectivity index (χ1v) is 10.4. The molecule has 6 nitrogen and oxygen atoms in total. The number of likely N-dealkylation sites (tertiary alicyclic amines) is 1. The maximum Gasteiger partial charge on any atom is 0.409 e. The second kappa shape index (κ2) is 10.9. The van der Waals surface area contributed by atoms with Crippen molar-refractivity contribution in [2.24, 2.45) is 10.4 Å². The Morgan fingerprint density at radius 1 is 1.21 bits per heavy atom. The Balaban J connectivity index is 1.87. The van der Waals surface area contributed by atoms with Gasteiger partial charge in [-0.3, -0.25) is 4.99 Å². The Morgan fingerprint density at radius 3 is 2.50 bits per heavy atom. The maximum atomic E-state index is 11.8. The summed E-state index contributed by atoms with van der Waals surface area (Å²) in [5, 5.41) is 6.90. The van der Waals surface area contributed by atoms with Crippen LogP contribution in [0, 0.1) is 5.41 Å². The summed E-state index contributed by atoms with van der Waals surface area (Å²) < 4.78 is 5.09. The molecule has 0 saturated carbocycles. The first kappa shape index (κ1) is 22.1. The summed E-state index contributed by atoms with van der Waals surface area (Å²) in [4.78, 5) is 18.5. The molecule has 1 fully saturated rings. The van der Waals surface area contributed by atoms with Crippen LogP contribution in [0.4, 0.5) is 4.79 Å². The molecule has 2 rings (SSSR count). The highest BCUT2D eigenvalue weighted by Gasteiger charge is 2.24. The van der Waals surface area contributed by atoms with Crippen LogP contribution >= 0.6 is 0 Å². The van der Waals surface area contributed by atoms with Gasteiger partial charge in [-0.15, -0.1) is 0 Å². The molecule has 1 aromatic carbocycles. The SMILES string of the molecule is CCNC(=NCC(C)(C)Cc1ccccc1)NC1CCN(C(=O)OCC)CC1. The number of nitrogens with one attached hydrogen (secondary N) is 2. The van der Waals surface area contributed by atoms with Crippen molar-refractivity contribution in [2.45, 2.75) is 53.0 Å². The van der Waals surface area contributed by atoms with Gasteiger partial charge in [0.2, 0.25) is 0 Å². The third kappa shape index (κ3) is 7.41. The molecule has 28 heavy (non-hydrogen) atoms. The van der Waals surface area contributed by atoms with E-state index in [9.17, 15) is 4.79 Å². The molecule has 0 radical (unpaired) electrons. The first-order chi connectivity index (χ1) is 13.4. The van der Waals surface area contributed by atoms with Crippen LogP contribution in [0.15, 0.2) is 35.3 Å². The molecular weight excluding hydrogens is 352 g/mol. The Bertz CT molecular complexity index is 623. The van der Waals surface area contributed by atoms with Gasteiger partial charge in [0.15, 0.2) is 5.96 Å². The number of hydrogen-bond acceptors (Lipinski definition) is 3. The molecule has 6 heteroatoms. The van der Waals surface area contributed by atoms with E-state index in [-0.39, 0.29) is 11.5 Å². The predicted octanol–water partition coefficient (Wildman–Crippen LogP) is 3.43. The zero-order valence-electron chi connectivity index (χ0n) is 17.8. The van der Waals surface area contributed by atoms with Crippen LogP contribution in [0.5, 0.6) is 0 Å². The molecule has 1 amide bonds. The van der Waals surface area contributed by atoms with Gasteiger partial charge in [0.1, 0.15) is 0 Å². The van der Waals surface area contributed by atoms with Gasteiger partial charge < -0.3 is 20.3 Å². The number of ether oxygens (including phenoxy) is 1. The number of rotatable bonds is 7. The number of guanidine groups is 1. The van der Waals surface area contributed by atoms with Crippen molar-refractivity contribution in [1.29, 1.82) is 0 Å². The Hall–Kier alpha value is -2.24. The van der Waals surface area contributed by atoms with E-state index in [0.29, 0.717) is 12.6 Å². The van der Waals surface area contributed by atoms with E-state index in [4.69, 9.17) is 9.73 Å². The van der Waals surface area contributed by atoms with E-state index in [1.165, 1.54) is 5.56 Å². The zero-order valence-corrected chi connectivity index (χ0v) is 17.8. The summed E-state index contributed by atoms with van der Waals surface area (Å²) in [5.74, 6) is 0.859. The third-order valence-electron chi connectivity index (χ3n) is 4.90. The highest BCUT2D eigenvalue weighted by atomic mass is 16.6. The summed E-state index contributed by atoms with van der Waals surface area (Å²) >= 11 is 0. The van der Waals surface area contributed by atoms with Gasteiger partial charge in [-0.2, -0.15) is 0 Å². The molecule has 1 aliphatic heterocycles. The zero-order chi connectivity index (χ0) is 20.4. The third-order valence-corrected chi connectivity index (χ3v) is 4.90. The largest absolute Gasteiger partial charge is 0.450 e. The fourth-order valence-corrected chi connectivity index (χ4v) is 3.43. The normalized spacial score (nSPS) is 16.0. The lowest BCUT2D eigenvalue weighted by molar-refractivity contribution is 0.0963. The van der Waals surface area contributed by atoms with E-state index in [1.54, 1.807) is 4.90 Å². The lowest BCUT2D eigenvalue weighted by atomic mass is 9.86. The lowest BCUT2D eigenvalue weighted by Gasteiger charge is -2.32. The van der Waals surface area contributed by atoms with Gasteiger partial charge in [-0.25, -0.2) is 4.79 Å². The molecule has 0 bridgehead atoms. The number of amides is 1. The van der Waals surface area contributed by atoms with Crippen molar-refractivity contribution in [3.8, 4) is 0 Å². The van der Waals surface area contributed by atoms with Gasteiger partial charge in [0, 0.05) is 32.2 Å².